The molecule has 5 nitrogen and oxygen atoms in total. The number of nitrogen functional groups attached to an aromatic ring is 1. The van der Waals surface area contributed by atoms with Crippen molar-refractivity contribution in [2.45, 2.75) is 45.1 Å². The van der Waals surface area contributed by atoms with Crippen molar-refractivity contribution in [3.05, 3.63) is 29.3 Å². The molecule has 0 radical (unpaired) electrons. The monoisotopic (exact) mass is 315 g/mol. The molecule has 1 aromatic rings. The van der Waals surface area contributed by atoms with Gasteiger partial charge in [-0.3, -0.25) is 9.59 Å². The first-order valence-electron chi connectivity index (χ1n) is 8.49. The molecule has 2 aliphatic rings. The molecule has 124 valence electrons. The number of likely N-dealkylation sites (tertiary alicyclic amines) is 1. The van der Waals surface area contributed by atoms with Gasteiger partial charge in [-0.05, 0) is 55.4 Å². The number of rotatable bonds is 2. The molecule has 0 aromatic heterocycles. The molecular formula is C18H25N3O2. The first-order valence-corrected chi connectivity index (χ1v) is 8.49. The van der Waals surface area contributed by atoms with Crippen molar-refractivity contribution in [1.82, 2.24) is 10.2 Å². The number of nitrogens with two attached hydrogens (primary N) is 1. The van der Waals surface area contributed by atoms with Crippen LogP contribution in [-0.2, 0) is 16.0 Å². The molecule has 1 saturated heterocycles. The fraction of sp³-hybridized carbons (Fsp3) is 0.556. The minimum atomic E-state index is -0.0909. The maximum Gasteiger partial charge on any atom is 0.225 e. The lowest BCUT2D eigenvalue weighted by atomic mass is 9.86. The maximum absolute atomic E-state index is 12.6. The third kappa shape index (κ3) is 3.49. The zero-order valence-corrected chi connectivity index (χ0v) is 13.7. The summed E-state index contributed by atoms with van der Waals surface area (Å²) in [5, 5.41) is 3.21. The van der Waals surface area contributed by atoms with E-state index >= 15 is 0 Å². The van der Waals surface area contributed by atoms with Gasteiger partial charge in [-0.1, -0.05) is 6.07 Å². The van der Waals surface area contributed by atoms with Crippen molar-refractivity contribution in [3.63, 3.8) is 0 Å². The first kappa shape index (κ1) is 15.8. The molecular weight excluding hydrogens is 290 g/mol. The lowest BCUT2D eigenvalue weighted by molar-refractivity contribution is -0.134. The van der Waals surface area contributed by atoms with E-state index in [0.29, 0.717) is 6.54 Å². The van der Waals surface area contributed by atoms with Crippen LogP contribution in [0.15, 0.2) is 18.2 Å². The van der Waals surface area contributed by atoms with Crippen LogP contribution in [0, 0.1) is 5.92 Å². The minimum Gasteiger partial charge on any atom is -0.399 e. The molecule has 23 heavy (non-hydrogen) atoms. The highest BCUT2D eigenvalue weighted by atomic mass is 16.2. The van der Waals surface area contributed by atoms with E-state index in [4.69, 9.17) is 5.73 Å². The van der Waals surface area contributed by atoms with E-state index < -0.39 is 0 Å². The number of hydrogen-bond acceptors (Lipinski definition) is 3. The number of anilines is 1. The zero-order valence-electron chi connectivity index (χ0n) is 13.7. The largest absolute Gasteiger partial charge is 0.399 e. The Bertz CT molecular complexity index is 614. The summed E-state index contributed by atoms with van der Waals surface area (Å²) in [4.78, 5) is 26.0. The van der Waals surface area contributed by atoms with Crippen LogP contribution in [0.5, 0.6) is 0 Å². The summed E-state index contributed by atoms with van der Waals surface area (Å²) >= 11 is 0. The second-order valence-corrected chi connectivity index (χ2v) is 6.72. The average molecular weight is 315 g/mol. The summed E-state index contributed by atoms with van der Waals surface area (Å²) in [5.74, 6) is 0.0402. The molecule has 1 fully saturated rings. The molecule has 1 aliphatic heterocycles. The Labute approximate surface area is 137 Å². The molecule has 3 N–H and O–H groups in total. The Morgan fingerprint density at radius 2 is 2.09 bits per heavy atom. The van der Waals surface area contributed by atoms with Gasteiger partial charge < -0.3 is 16.0 Å². The summed E-state index contributed by atoms with van der Waals surface area (Å²) in [6.45, 7) is 2.88. The van der Waals surface area contributed by atoms with Crippen molar-refractivity contribution in [1.29, 1.82) is 0 Å². The van der Waals surface area contributed by atoms with Crippen molar-refractivity contribution in [3.8, 4) is 0 Å². The first-order chi connectivity index (χ1) is 11.0. The predicted octanol–water partition coefficient (Wildman–Crippen LogP) is 2.02. The SMILES string of the molecule is CC(=O)N1CCCC(C(=O)NC2CCCc3cc(N)ccc32)C1. The topological polar surface area (TPSA) is 75.4 Å². The Balaban J connectivity index is 1.68. The van der Waals surface area contributed by atoms with Gasteiger partial charge in [-0.25, -0.2) is 0 Å². The number of fused-ring (bicyclic) bond motifs is 1. The van der Waals surface area contributed by atoms with Crippen molar-refractivity contribution < 1.29 is 9.59 Å². The highest BCUT2D eigenvalue weighted by Crippen LogP contribution is 2.31. The molecule has 5 heteroatoms. The summed E-state index contributed by atoms with van der Waals surface area (Å²) in [6.07, 6.45) is 4.80. The van der Waals surface area contributed by atoms with Crippen LogP contribution in [0.2, 0.25) is 0 Å². The molecule has 1 aliphatic carbocycles. The number of carbonyl (C=O) groups is 2. The van der Waals surface area contributed by atoms with E-state index in [1.54, 1.807) is 11.8 Å². The van der Waals surface area contributed by atoms with Gasteiger partial charge in [0.25, 0.3) is 0 Å². The smallest absolute Gasteiger partial charge is 0.225 e. The van der Waals surface area contributed by atoms with Crippen molar-refractivity contribution in [2.24, 2.45) is 5.92 Å². The van der Waals surface area contributed by atoms with Gasteiger partial charge in [-0.2, -0.15) is 0 Å². The van der Waals surface area contributed by atoms with Crippen LogP contribution < -0.4 is 11.1 Å². The Hall–Kier alpha value is -2.04. The lowest BCUT2D eigenvalue weighted by Gasteiger charge is -2.33. The molecule has 1 heterocycles. The quantitative estimate of drug-likeness (QED) is 0.820. The molecule has 0 saturated carbocycles. The Morgan fingerprint density at radius 3 is 2.87 bits per heavy atom. The summed E-state index contributed by atoms with van der Waals surface area (Å²) < 4.78 is 0. The number of hydrogen-bond donors (Lipinski definition) is 2. The van der Waals surface area contributed by atoms with Crippen LogP contribution >= 0.6 is 0 Å². The van der Waals surface area contributed by atoms with Gasteiger partial charge in [0.1, 0.15) is 0 Å². The highest BCUT2D eigenvalue weighted by molar-refractivity contribution is 5.81. The Morgan fingerprint density at radius 1 is 1.26 bits per heavy atom. The second kappa shape index (κ2) is 6.60. The van der Waals surface area contributed by atoms with Gasteiger partial charge in [0, 0.05) is 25.7 Å². The van der Waals surface area contributed by atoms with E-state index in [1.807, 2.05) is 18.2 Å². The Kier molecular flexibility index (Phi) is 4.55. The van der Waals surface area contributed by atoms with Gasteiger partial charge in [0.05, 0.1) is 12.0 Å². The number of aryl methyl sites for hydroxylation is 1. The molecule has 0 spiro atoms. The highest BCUT2D eigenvalue weighted by Gasteiger charge is 2.29. The normalized spacial score (nSPS) is 24.0. The van der Waals surface area contributed by atoms with Gasteiger partial charge in [-0.15, -0.1) is 0 Å². The fourth-order valence-corrected chi connectivity index (χ4v) is 3.75. The third-order valence-electron chi connectivity index (χ3n) is 5.04. The summed E-state index contributed by atoms with van der Waals surface area (Å²) in [5.41, 5.74) is 9.08. The maximum atomic E-state index is 12.6. The van der Waals surface area contributed by atoms with Crippen LogP contribution in [0.3, 0.4) is 0 Å². The number of benzene rings is 1. The number of piperidine rings is 1. The minimum absolute atomic E-state index is 0.0565. The van der Waals surface area contributed by atoms with Crippen LogP contribution in [-0.4, -0.2) is 29.8 Å². The van der Waals surface area contributed by atoms with E-state index in [2.05, 4.69) is 5.32 Å². The third-order valence-corrected chi connectivity index (χ3v) is 5.04. The molecule has 0 bridgehead atoms. The zero-order chi connectivity index (χ0) is 16.4. The van der Waals surface area contributed by atoms with E-state index in [-0.39, 0.29) is 23.8 Å². The van der Waals surface area contributed by atoms with Gasteiger partial charge >= 0.3 is 0 Å². The van der Waals surface area contributed by atoms with Crippen LogP contribution in [0.1, 0.15) is 49.8 Å². The lowest BCUT2D eigenvalue weighted by Crippen LogP contribution is -2.45. The van der Waals surface area contributed by atoms with Crippen molar-refractivity contribution >= 4 is 17.5 Å². The number of nitrogens with one attached hydrogen (secondary N) is 1. The fourth-order valence-electron chi connectivity index (χ4n) is 3.75. The van der Waals surface area contributed by atoms with E-state index in [1.165, 1.54) is 11.1 Å². The summed E-state index contributed by atoms with van der Waals surface area (Å²) in [6, 6.07) is 6.03. The standard InChI is InChI=1S/C18H25N3O2/c1-12(22)21-9-3-5-14(11-21)18(23)20-17-6-2-4-13-10-15(19)7-8-16(13)17/h7-8,10,14,17H,2-6,9,11,19H2,1H3,(H,20,23). The molecule has 2 atom stereocenters. The van der Waals surface area contributed by atoms with Crippen LogP contribution in [0.25, 0.3) is 0 Å². The number of amides is 2. The van der Waals surface area contributed by atoms with Crippen molar-refractivity contribution in [2.75, 3.05) is 18.8 Å². The number of carbonyl (C=O) groups excluding carboxylic acids is 2. The van der Waals surface area contributed by atoms with E-state index in [9.17, 15) is 9.59 Å². The molecule has 3 rings (SSSR count). The van der Waals surface area contributed by atoms with Gasteiger partial charge in [0.15, 0.2) is 0 Å². The number of nitrogens with zero attached hydrogens (tertiary/aromatic N) is 1. The van der Waals surface area contributed by atoms with Gasteiger partial charge in [0.2, 0.25) is 11.8 Å². The van der Waals surface area contributed by atoms with Crippen LogP contribution in [0.4, 0.5) is 5.69 Å². The molecule has 2 amide bonds. The predicted molar refractivity (Wildman–Crippen MR) is 89.7 cm³/mol. The second-order valence-electron chi connectivity index (χ2n) is 6.72. The molecule has 2 unspecified atom stereocenters. The van der Waals surface area contributed by atoms with E-state index in [0.717, 1.165) is 44.3 Å². The summed E-state index contributed by atoms with van der Waals surface area (Å²) in [7, 11) is 0. The average Bonchev–Trinajstić information content (AvgIpc) is 2.54. The molecule has 1 aromatic carbocycles.